The molecule has 8 nitrogen and oxygen atoms in total. The number of anilines is 1. The van der Waals surface area contributed by atoms with Gasteiger partial charge in [0.15, 0.2) is 5.13 Å². The first kappa shape index (κ1) is 14.5. The summed E-state index contributed by atoms with van der Waals surface area (Å²) < 4.78 is 9.71. The van der Waals surface area contributed by atoms with Gasteiger partial charge in [-0.05, 0) is 6.92 Å². The Hall–Kier alpha value is -2.42. The van der Waals surface area contributed by atoms with Gasteiger partial charge in [0, 0.05) is 23.9 Å². The normalized spacial score (nSPS) is 13.6. The molecule has 1 aliphatic heterocycles. The molecular formula is C13H14N4O4S. The van der Waals surface area contributed by atoms with Gasteiger partial charge < -0.3 is 14.2 Å². The van der Waals surface area contributed by atoms with E-state index in [0.717, 1.165) is 10.6 Å². The average Bonchev–Trinajstić information content (AvgIpc) is 3.14. The van der Waals surface area contributed by atoms with Gasteiger partial charge in [-0.2, -0.15) is 0 Å². The lowest BCUT2D eigenvalue weighted by atomic mass is 10.1. The second-order valence-corrected chi connectivity index (χ2v) is 5.67. The maximum atomic E-state index is 12.2. The molecule has 0 aliphatic carbocycles. The molecular weight excluding hydrogens is 308 g/mol. The standard InChI is InChI=1S/C13H14N4O4S/c1-2-20-13(19)16-12-15-8-4-6-17(7-10(8)22-12)11(18)9-3-5-14-21-9/h3,5H,2,4,6-7H2,1H3,(H,15,16,19). The molecule has 0 saturated heterocycles. The fourth-order valence-corrected chi connectivity index (χ4v) is 3.17. The number of amides is 2. The van der Waals surface area contributed by atoms with Crippen LogP contribution >= 0.6 is 11.3 Å². The highest BCUT2D eigenvalue weighted by molar-refractivity contribution is 7.15. The molecule has 3 rings (SSSR count). The molecule has 0 fully saturated rings. The highest BCUT2D eigenvalue weighted by Gasteiger charge is 2.26. The van der Waals surface area contributed by atoms with Gasteiger partial charge in [-0.3, -0.25) is 10.1 Å². The minimum atomic E-state index is -0.525. The van der Waals surface area contributed by atoms with Crippen LogP contribution in [0.15, 0.2) is 16.8 Å². The molecule has 2 aromatic rings. The van der Waals surface area contributed by atoms with Crippen molar-refractivity contribution in [2.24, 2.45) is 0 Å². The molecule has 1 aliphatic rings. The van der Waals surface area contributed by atoms with Crippen LogP contribution in [0.3, 0.4) is 0 Å². The molecule has 0 saturated carbocycles. The van der Waals surface area contributed by atoms with Crippen molar-refractivity contribution in [3.05, 3.63) is 28.6 Å². The van der Waals surface area contributed by atoms with E-state index in [2.05, 4.69) is 15.5 Å². The molecule has 116 valence electrons. The molecule has 1 N–H and O–H groups in total. The molecule has 2 amide bonds. The van der Waals surface area contributed by atoms with Crippen molar-refractivity contribution in [1.29, 1.82) is 0 Å². The topological polar surface area (TPSA) is 97.6 Å². The Bertz CT molecular complexity index is 682. The Morgan fingerprint density at radius 2 is 2.41 bits per heavy atom. The van der Waals surface area contributed by atoms with Crippen LogP contribution in [0.2, 0.25) is 0 Å². The SMILES string of the molecule is CCOC(=O)Nc1nc2c(s1)CN(C(=O)c1ccno1)CC2. The van der Waals surface area contributed by atoms with Gasteiger partial charge in [-0.25, -0.2) is 9.78 Å². The van der Waals surface area contributed by atoms with Crippen LogP contribution in [-0.4, -0.2) is 40.2 Å². The van der Waals surface area contributed by atoms with Gasteiger partial charge in [0.05, 0.1) is 25.0 Å². The van der Waals surface area contributed by atoms with Crippen molar-refractivity contribution in [2.75, 3.05) is 18.5 Å². The Morgan fingerprint density at radius 1 is 1.55 bits per heavy atom. The number of thiazole rings is 1. The van der Waals surface area contributed by atoms with E-state index in [4.69, 9.17) is 9.26 Å². The molecule has 0 unspecified atom stereocenters. The Morgan fingerprint density at radius 3 is 3.14 bits per heavy atom. The number of nitrogens with one attached hydrogen (secondary N) is 1. The largest absolute Gasteiger partial charge is 0.450 e. The van der Waals surface area contributed by atoms with Crippen molar-refractivity contribution < 1.29 is 18.8 Å². The fraction of sp³-hybridized carbons (Fsp3) is 0.385. The fourth-order valence-electron chi connectivity index (χ4n) is 2.16. The molecule has 0 atom stereocenters. The lowest BCUT2D eigenvalue weighted by Gasteiger charge is -2.24. The summed E-state index contributed by atoms with van der Waals surface area (Å²) in [5.41, 5.74) is 0.901. The molecule has 9 heteroatoms. The maximum Gasteiger partial charge on any atom is 0.413 e. The molecule has 0 bridgehead atoms. The molecule has 2 aromatic heterocycles. The summed E-state index contributed by atoms with van der Waals surface area (Å²) in [5.74, 6) is 0.0225. The van der Waals surface area contributed by atoms with E-state index >= 15 is 0 Å². The lowest BCUT2D eigenvalue weighted by molar-refractivity contribution is 0.0694. The number of ether oxygens (including phenoxy) is 1. The highest BCUT2D eigenvalue weighted by Crippen LogP contribution is 2.29. The first-order chi connectivity index (χ1) is 10.7. The number of aromatic nitrogens is 2. The average molecular weight is 322 g/mol. The maximum absolute atomic E-state index is 12.2. The summed E-state index contributed by atoms with van der Waals surface area (Å²) in [4.78, 5) is 30.6. The Labute approximate surface area is 130 Å². The van der Waals surface area contributed by atoms with Gasteiger partial charge in [-0.15, -0.1) is 0 Å². The van der Waals surface area contributed by atoms with E-state index in [0.29, 0.717) is 31.2 Å². The summed E-state index contributed by atoms with van der Waals surface area (Å²) in [6.45, 7) is 3.03. The lowest BCUT2D eigenvalue weighted by Crippen LogP contribution is -2.35. The van der Waals surface area contributed by atoms with Gasteiger partial charge in [0.2, 0.25) is 5.76 Å². The summed E-state index contributed by atoms with van der Waals surface area (Å²) in [6.07, 6.45) is 1.55. The first-order valence-corrected chi connectivity index (χ1v) is 7.61. The summed E-state index contributed by atoms with van der Waals surface area (Å²) >= 11 is 1.34. The van der Waals surface area contributed by atoms with E-state index in [1.54, 1.807) is 11.8 Å². The van der Waals surface area contributed by atoms with Gasteiger partial charge in [0.1, 0.15) is 0 Å². The number of hydrogen-bond donors (Lipinski definition) is 1. The minimum absolute atomic E-state index is 0.198. The zero-order chi connectivity index (χ0) is 15.5. The first-order valence-electron chi connectivity index (χ1n) is 6.79. The van der Waals surface area contributed by atoms with Crippen molar-refractivity contribution in [2.45, 2.75) is 19.9 Å². The third kappa shape index (κ3) is 2.93. The van der Waals surface area contributed by atoms with Crippen LogP contribution in [-0.2, 0) is 17.7 Å². The van der Waals surface area contributed by atoms with E-state index in [9.17, 15) is 9.59 Å². The van der Waals surface area contributed by atoms with Crippen LogP contribution in [0.5, 0.6) is 0 Å². The number of nitrogens with zero attached hydrogens (tertiary/aromatic N) is 3. The van der Waals surface area contributed by atoms with Gasteiger partial charge >= 0.3 is 6.09 Å². The Kier molecular flexibility index (Phi) is 4.05. The third-order valence-corrected chi connectivity index (χ3v) is 4.15. The van der Waals surface area contributed by atoms with Crippen molar-refractivity contribution >= 4 is 28.5 Å². The zero-order valence-electron chi connectivity index (χ0n) is 11.9. The van der Waals surface area contributed by atoms with E-state index in [1.165, 1.54) is 23.6 Å². The van der Waals surface area contributed by atoms with E-state index in [-0.39, 0.29) is 11.7 Å². The van der Waals surface area contributed by atoms with Crippen LogP contribution in [0.4, 0.5) is 9.93 Å². The number of rotatable bonds is 3. The molecule has 0 aromatic carbocycles. The van der Waals surface area contributed by atoms with Gasteiger partial charge in [0.25, 0.3) is 5.91 Å². The monoisotopic (exact) mass is 322 g/mol. The molecule has 3 heterocycles. The molecule has 0 radical (unpaired) electrons. The summed E-state index contributed by atoms with van der Waals surface area (Å²) in [5, 5.41) is 6.61. The zero-order valence-corrected chi connectivity index (χ0v) is 12.7. The quantitative estimate of drug-likeness (QED) is 0.927. The van der Waals surface area contributed by atoms with Crippen LogP contribution in [0.25, 0.3) is 0 Å². The number of carbonyl (C=O) groups is 2. The van der Waals surface area contributed by atoms with Crippen molar-refractivity contribution in [3.8, 4) is 0 Å². The second kappa shape index (κ2) is 6.14. The predicted molar refractivity (Wildman–Crippen MR) is 77.7 cm³/mol. The van der Waals surface area contributed by atoms with E-state index < -0.39 is 6.09 Å². The number of fused-ring (bicyclic) bond motifs is 1. The van der Waals surface area contributed by atoms with Crippen LogP contribution in [0.1, 0.15) is 28.0 Å². The highest BCUT2D eigenvalue weighted by atomic mass is 32.1. The number of hydrogen-bond acceptors (Lipinski definition) is 7. The smallest absolute Gasteiger partial charge is 0.413 e. The molecule has 0 spiro atoms. The second-order valence-electron chi connectivity index (χ2n) is 4.59. The summed E-state index contributed by atoms with van der Waals surface area (Å²) in [7, 11) is 0. The van der Waals surface area contributed by atoms with Crippen molar-refractivity contribution in [3.63, 3.8) is 0 Å². The Balaban J connectivity index is 1.69. The predicted octanol–water partition coefficient (Wildman–Crippen LogP) is 1.90. The van der Waals surface area contributed by atoms with Crippen LogP contribution in [0, 0.1) is 0 Å². The van der Waals surface area contributed by atoms with Crippen LogP contribution < -0.4 is 5.32 Å². The van der Waals surface area contributed by atoms with Gasteiger partial charge in [-0.1, -0.05) is 16.5 Å². The number of carbonyl (C=O) groups excluding carboxylic acids is 2. The summed E-state index contributed by atoms with van der Waals surface area (Å²) in [6, 6.07) is 1.54. The minimum Gasteiger partial charge on any atom is -0.450 e. The van der Waals surface area contributed by atoms with E-state index in [1.807, 2.05) is 0 Å². The van der Waals surface area contributed by atoms with Crippen molar-refractivity contribution in [1.82, 2.24) is 15.0 Å². The third-order valence-electron chi connectivity index (χ3n) is 3.15. The molecule has 22 heavy (non-hydrogen) atoms.